The van der Waals surface area contributed by atoms with Gasteiger partial charge in [-0.3, -0.25) is 0 Å². The lowest BCUT2D eigenvalue weighted by atomic mass is 9.99. The number of hydrogen-bond donors (Lipinski definition) is 2. The van der Waals surface area contributed by atoms with Gasteiger partial charge in [0, 0.05) is 38.2 Å². The van der Waals surface area contributed by atoms with Crippen molar-refractivity contribution in [1.29, 1.82) is 0 Å². The van der Waals surface area contributed by atoms with Crippen molar-refractivity contribution in [2.45, 2.75) is 31.9 Å². The molecule has 2 aromatic rings. The first kappa shape index (κ1) is 17.8. The smallest absolute Gasteiger partial charge is 0.321 e. The molecule has 1 saturated heterocycles. The lowest BCUT2D eigenvalue weighted by Crippen LogP contribution is -2.44. The number of ether oxygens (including phenoxy) is 1. The molecule has 2 N–H and O–H groups in total. The van der Waals surface area contributed by atoms with E-state index in [4.69, 9.17) is 4.74 Å². The van der Waals surface area contributed by atoms with Crippen LogP contribution in [0.5, 0.6) is 5.75 Å². The van der Waals surface area contributed by atoms with E-state index in [-0.39, 0.29) is 23.7 Å². The Labute approximate surface area is 158 Å². The highest BCUT2D eigenvalue weighted by Crippen LogP contribution is 2.25. The second-order valence-corrected chi connectivity index (χ2v) is 7.03. The molecule has 2 heterocycles. The Morgan fingerprint density at radius 2 is 1.96 bits per heavy atom. The fourth-order valence-electron chi connectivity index (χ4n) is 3.74. The summed E-state index contributed by atoms with van der Waals surface area (Å²) in [6, 6.07) is 12.4. The lowest BCUT2D eigenvalue weighted by Gasteiger charge is -2.32. The molecule has 1 fully saturated rings. The van der Waals surface area contributed by atoms with Crippen molar-refractivity contribution in [3.8, 4) is 5.75 Å². The largest absolute Gasteiger partial charge is 0.487 e. The Morgan fingerprint density at radius 3 is 2.78 bits per heavy atom. The SMILES string of the molecule is O=C(Nc1cccc2c1CCNC2)N1CCC(Oc2ccccc2F)CC1. The molecule has 2 amide bonds. The molecule has 2 aliphatic rings. The number of hydrogen-bond acceptors (Lipinski definition) is 3. The Balaban J connectivity index is 1.33. The highest BCUT2D eigenvalue weighted by molar-refractivity contribution is 5.90. The summed E-state index contributed by atoms with van der Waals surface area (Å²) in [7, 11) is 0. The summed E-state index contributed by atoms with van der Waals surface area (Å²) in [5.41, 5.74) is 3.38. The highest BCUT2D eigenvalue weighted by Gasteiger charge is 2.25. The third-order valence-corrected chi connectivity index (χ3v) is 5.24. The number of nitrogens with one attached hydrogen (secondary N) is 2. The molecule has 0 radical (unpaired) electrons. The van der Waals surface area contributed by atoms with Gasteiger partial charge in [0.15, 0.2) is 11.6 Å². The van der Waals surface area contributed by atoms with E-state index < -0.39 is 0 Å². The van der Waals surface area contributed by atoms with Crippen molar-refractivity contribution in [1.82, 2.24) is 10.2 Å². The van der Waals surface area contributed by atoms with Gasteiger partial charge in [0.2, 0.25) is 0 Å². The average molecular weight is 369 g/mol. The minimum atomic E-state index is -0.346. The summed E-state index contributed by atoms with van der Waals surface area (Å²) in [4.78, 5) is 14.5. The van der Waals surface area contributed by atoms with Gasteiger partial charge < -0.3 is 20.3 Å². The lowest BCUT2D eigenvalue weighted by molar-refractivity contribution is 0.112. The van der Waals surface area contributed by atoms with E-state index in [9.17, 15) is 9.18 Å². The number of anilines is 1. The summed E-state index contributed by atoms with van der Waals surface area (Å²) in [5, 5.41) is 6.42. The Hall–Kier alpha value is -2.60. The molecule has 2 aliphatic heterocycles. The van der Waals surface area contributed by atoms with Gasteiger partial charge >= 0.3 is 6.03 Å². The number of halogens is 1. The highest BCUT2D eigenvalue weighted by atomic mass is 19.1. The summed E-state index contributed by atoms with van der Waals surface area (Å²) < 4.78 is 19.5. The van der Waals surface area contributed by atoms with Crippen LogP contribution in [0.25, 0.3) is 0 Å². The number of nitrogens with zero attached hydrogens (tertiary/aromatic N) is 1. The van der Waals surface area contributed by atoms with Crippen LogP contribution in [-0.2, 0) is 13.0 Å². The van der Waals surface area contributed by atoms with Gasteiger partial charge in [-0.25, -0.2) is 9.18 Å². The number of benzene rings is 2. The molecule has 4 rings (SSSR count). The Bertz CT molecular complexity index is 819. The number of amides is 2. The monoisotopic (exact) mass is 369 g/mol. The van der Waals surface area contributed by atoms with Crippen molar-refractivity contribution in [3.05, 3.63) is 59.4 Å². The molecular formula is C21H24FN3O2. The standard InChI is InChI=1S/C21H24FN3O2/c22-18-5-1-2-7-20(18)27-16-9-12-25(13-10-16)21(26)24-19-6-3-4-15-14-23-11-8-17(15)19/h1-7,16,23H,8-14H2,(H,24,26). The molecule has 0 unspecified atom stereocenters. The van der Waals surface area contributed by atoms with Crippen LogP contribution in [0.1, 0.15) is 24.0 Å². The first-order chi connectivity index (χ1) is 13.2. The number of fused-ring (bicyclic) bond motifs is 1. The van der Waals surface area contributed by atoms with Crippen LogP contribution in [0.4, 0.5) is 14.9 Å². The van der Waals surface area contributed by atoms with Crippen molar-refractivity contribution >= 4 is 11.7 Å². The topological polar surface area (TPSA) is 53.6 Å². The van der Waals surface area contributed by atoms with Gasteiger partial charge in [-0.1, -0.05) is 24.3 Å². The number of carbonyl (C=O) groups is 1. The van der Waals surface area contributed by atoms with Crippen molar-refractivity contribution in [2.24, 2.45) is 0 Å². The minimum absolute atomic E-state index is 0.0680. The zero-order valence-corrected chi connectivity index (χ0v) is 15.2. The van der Waals surface area contributed by atoms with Crippen LogP contribution in [0.2, 0.25) is 0 Å². The van der Waals surface area contributed by atoms with E-state index in [1.807, 2.05) is 17.0 Å². The summed E-state index contributed by atoms with van der Waals surface area (Å²) in [6.45, 7) is 2.97. The molecule has 0 atom stereocenters. The van der Waals surface area contributed by atoms with Crippen LogP contribution in [0.15, 0.2) is 42.5 Å². The molecule has 5 nitrogen and oxygen atoms in total. The van der Waals surface area contributed by atoms with Crippen molar-refractivity contribution < 1.29 is 13.9 Å². The molecule has 6 heteroatoms. The molecule has 2 aromatic carbocycles. The maximum Gasteiger partial charge on any atom is 0.321 e. The van der Waals surface area contributed by atoms with E-state index >= 15 is 0 Å². The molecule has 27 heavy (non-hydrogen) atoms. The Morgan fingerprint density at radius 1 is 1.15 bits per heavy atom. The summed E-state index contributed by atoms with van der Waals surface area (Å²) in [6.07, 6.45) is 2.24. The zero-order valence-electron chi connectivity index (χ0n) is 15.2. The zero-order chi connectivity index (χ0) is 18.6. The van der Waals surface area contributed by atoms with Crippen molar-refractivity contribution in [2.75, 3.05) is 25.0 Å². The van der Waals surface area contributed by atoms with Crippen LogP contribution in [-0.4, -0.2) is 36.7 Å². The van der Waals surface area contributed by atoms with Gasteiger partial charge in [0.05, 0.1) is 0 Å². The predicted octanol–water partition coefficient (Wildman–Crippen LogP) is 3.55. The first-order valence-corrected chi connectivity index (χ1v) is 9.49. The van der Waals surface area contributed by atoms with E-state index in [2.05, 4.69) is 16.7 Å². The minimum Gasteiger partial charge on any atom is -0.487 e. The quantitative estimate of drug-likeness (QED) is 0.870. The number of para-hydroxylation sites is 1. The van der Waals surface area contributed by atoms with Gasteiger partial charge in [-0.15, -0.1) is 0 Å². The Kier molecular flexibility index (Phi) is 5.25. The van der Waals surface area contributed by atoms with Gasteiger partial charge in [0.25, 0.3) is 0 Å². The maximum atomic E-state index is 13.7. The fourth-order valence-corrected chi connectivity index (χ4v) is 3.74. The van der Waals surface area contributed by atoms with Gasteiger partial charge in [-0.05, 0) is 42.3 Å². The normalized spacial score (nSPS) is 17.3. The molecule has 0 spiro atoms. The second kappa shape index (κ2) is 7.96. The molecule has 0 saturated carbocycles. The third-order valence-electron chi connectivity index (χ3n) is 5.24. The van der Waals surface area contributed by atoms with Gasteiger partial charge in [-0.2, -0.15) is 0 Å². The third kappa shape index (κ3) is 4.06. The number of urea groups is 1. The van der Waals surface area contributed by atoms with E-state index in [1.165, 1.54) is 17.2 Å². The molecule has 0 aliphatic carbocycles. The van der Waals surface area contributed by atoms with Crippen LogP contribution in [0.3, 0.4) is 0 Å². The molecule has 142 valence electrons. The van der Waals surface area contributed by atoms with E-state index in [1.54, 1.807) is 18.2 Å². The molecular weight excluding hydrogens is 345 g/mol. The molecule has 0 aromatic heterocycles. The molecule has 0 bridgehead atoms. The van der Waals surface area contributed by atoms with E-state index in [0.29, 0.717) is 25.9 Å². The van der Waals surface area contributed by atoms with Crippen LogP contribution in [0, 0.1) is 5.82 Å². The number of likely N-dealkylation sites (tertiary alicyclic amines) is 1. The van der Waals surface area contributed by atoms with E-state index in [0.717, 1.165) is 25.2 Å². The van der Waals surface area contributed by atoms with Crippen molar-refractivity contribution in [3.63, 3.8) is 0 Å². The summed E-state index contributed by atoms with van der Waals surface area (Å²) >= 11 is 0. The van der Waals surface area contributed by atoms with Crippen LogP contribution < -0.4 is 15.4 Å². The summed E-state index contributed by atoms with van der Waals surface area (Å²) in [5.74, 6) is -0.0639. The maximum absolute atomic E-state index is 13.7. The van der Waals surface area contributed by atoms with Gasteiger partial charge in [0.1, 0.15) is 6.10 Å². The van der Waals surface area contributed by atoms with Crippen LogP contribution >= 0.6 is 0 Å². The first-order valence-electron chi connectivity index (χ1n) is 9.49. The number of piperidine rings is 1. The fraction of sp³-hybridized carbons (Fsp3) is 0.381. The number of carbonyl (C=O) groups excluding carboxylic acids is 1. The second-order valence-electron chi connectivity index (χ2n) is 7.03. The number of rotatable bonds is 3. The predicted molar refractivity (Wildman–Crippen MR) is 102 cm³/mol. The average Bonchev–Trinajstić information content (AvgIpc) is 2.70.